The number of hydrogen-bond acceptors (Lipinski definition) is 4. The molecule has 1 saturated carbocycles. The van der Waals surface area contributed by atoms with Gasteiger partial charge in [-0.3, -0.25) is 9.59 Å². The van der Waals surface area contributed by atoms with Crippen LogP contribution in [-0.4, -0.2) is 40.8 Å². The van der Waals surface area contributed by atoms with Gasteiger partial charge in [0.1, 0.15) is 5.69 Å². The number of carbonyl (C=O) groups excluding carboxylic acids is 2. The zero-order valence-corrected chi connectivity index (χ0v) is 21.3. The van der Waals surface area contributed by atoms with Crippen LogP contribution in [0.5, 0.6) is 0 Å². The highest BCUT2D eigenvalue weighted by Crippen LogP contribution is 2.50. The van der Waals surface area contributed by atoms with E-state index in [4.69, 9.17) is 0 Å². The lowest BCUT2D eigenvalue weighted by atomic mass is 10.1. The van der Waals surface area contributed by atoms with Crippen molar-refractivity contribution in [3.8, 4) is 10.4 Å². The van der Waals surface area contributed by atoms with Crippen LogP contribution < -0.4 is 5.32 Å². The Balaban J connectivity index is 1.36. The molecule has 3 atom stereocenters. The second-order valence-electron chi connectivity index (χ2n) is 9.16. The first kappa shape index (κ1) is 22.3. The molecule has 1 aliphatic carbocycles. The Labute approximate surface area is 206 Å². The molecule has 2 aliphatic rings. The molecule has 0 spiro atoms. The number of benzene rings is 2. The van der Waals surface area contributed by atoms with E-state index in [1.54, 1.807) is 11.3 Å². The molecule has 0 radical (unpaired) electrons. The highest BCUT2D eigenvalue weighted by atomic mass is 79.9. The van der Waals surface area contributed by atoms with E-state index in [-0.39, 0.29) is 17.9 Å². The predicted octanol–water partition coefficient (Wildman–Crippen LogP) is 5.39. The van der Waals surface area contributed by atoms with Gasteiger partial charge in [-0.15, -0.1) is 11.3 Å². The van der Waals surface area contributed by atoms with Crippen molar-refractivity contribution in [1.82, 2.24) is 15.2 Å². The zero-order valence-electron chi connectivity index (χ0n) is 18.9. The normalized spacial score (nSPS) is 21.1. The van der Waals surface area contributed by atoms with Gasteiger partial charge in [0.25, 0.3) is 11.8 Å². The number of nitrogens with one attached hydrogen (secondary N) is 1. The van der Waals surface area contributed by atoms with E-state index in [0.29, 0.717) is 29.6 Å². The highest BCUT2D eigenvalue weighted by molar-refractivity contribution is 9.10. The number of amides is 2. The number of nitrogens with zero attached hydrogens (tertiary/aromatic N) is 2. The van der Waals surface area contributed by atoms with Crippen LogP contribution in [0.3, 0.4) is 0 Å². The van der Waals surface area contributed by atoms with Crippen LogP contribution in [0.1, 0.15) is 43.4 Å². The summed E-state index contributed by atoms with van der Waals surface area (Å²) >= 11 is 5.04. The number of aromatic nitrogens is 1. The third kappa shape index (κ3) is 4.36. The van der Waals surface area contributed by atoms with Crippen molar-refractivity contribution < 1.29 is 9.59 Å². The molecule has 2 amide bonds. The molecule has 2 aromatic carbocycles. The van der Waals surface area contributed by atoms with Crippen LogP contribution in [0.2, 0.25) is 0 Å². The number of hydrogen-bond donors (Lipinski definition) is 1. The van der Waals surface area contributed by atoms with Crippen molar-refractivity contribution in [3.05, 3.63) is 74.3 Å². The number of likely N-dealkylation sites (tertiary alicyclic amines) is 1. The average molecular weight is 524 g/mol. The number of aryl methyl sites for hydroxylation is 3. The SMILES string of the molecule is Cc1cccc(-c2sc(C)nc2C(=O)N2C[C@@H]3CC3[C@H]2CNC(=O)c2cc(C)ccc2Br)c1. The fourth-order valence-corrected chi connectivity index (χ4v) is 6.20. The molecule has 5 rings (SSSR count). The molecule has 2 fully saturated rings. The number of piperidine rings is 1. The van der Waals surface area contributed by atoms with Crippen LogP contribution in [0.25, 0.3) is 10.4 Å². The minimum Gasteiger partial charge on any atom is -0.350 e. The van der Waals surface area contributed by atoms with Gasteiger partial charge in [-0.2, -0.15) is 0 Å². The highest BCUT2D eigenvalue weighted by Gasteiger charge is 2.54. The third-order valence-corrected chi connectivity index (χ3v) is 8.33. The van der Waals surface area contributed by atoms with Crippen LogP contribution >= 0.6 is 27.3 Å². The molecule has 5 nitrogen and oxygen atoms in total. The van der Waals surface area contributed by atoms with Gasteiger partial charge in [-0.25, -0.2) is 4.98 Å². The van der Waals surface area contributed by atoms with Gasteiger partial charge in [-0.1, -0.05) is 41.5 Å². The zero-order chi connectivity index (χ0) is 23.3. The predicted molar refractivity (Wildman–Crippen MR) is 135 cm³/mol. The Kier molecular flexibility index (Phi) is 5.87. The molecular formula is C26H26BrN3O2S. The molecule has 2 heterocycles. The quantitative estimate of drug-likeness (QED) is 0.487. The Bertz CT molecular complexity index is 1250. The molecule has 33 heavy (non-hydrogen) atoms. The van der Waals surface area contributed by atoms with Crippen LogP contribution in [0, 0.1) is 32.6 Å². The fraction of sp³-hybridized carbons (Fsp3) is 0.346. The number of fused-ring (bicyclic) bond motifs is 1. The van der Waals surface area contributed by atoms with Gasteiger partial charge in [0.15, 0.2) is 0 Å². The monoisotopic (exact) mass is 523 g/mol. The molecule has 0 bridgehead atoms. The summed E-state index contributed by atoms with van der Waals surface area (Å²) in [6.45, 7) is 7.16. The van der Waals surface area contributed by atoms with Crippen LogP contribution in [0.4, 0.5) is 0 Å². The van der Waals surface area contributed by atoms with Gasteiger partial charge in [0.2, 0.25) is 0 Å². The molecule has 3 aromatic rings. The minimum absolute atomic E-state index is 0.00222. The van der Waals surface area contributed by atoms with E-state index >= 15 is 0 Å². The lowest BCUT2D eigenvalue weighted by Crippen LogP contribution is -2.45. The van der Waals surface area contributed by atoms with Crippen molar-refractivity contribution in [2.24, 2.45) is 11.8 Å². The standard InChI is InChI=1S/C26H26BrN3O2S/c1-14-5-4-6-17(9-14)24-23(29-16(3)33-24)26(32)30-13-18-11-19(18)22(30)12-28-25(31)20-10-15(2)7-8-21(20)27/h4-10,18-19,22H,11-13H2,1-3H3,(H,28,31)/t18-,19?,22+/m0/s1. The van der Waals surface area contributed by atoms with E-state index in [2.05, 4.69) is 45.3 Å². The lowest BCUT2D eigenvalue weighted by molar-refractivity contribution is 0.0690. The van der Waals surface area contributed by atoms with Crippen molar-refractivity contribution >= 4 is 39.1 Å². The Morgan fingerprint density at radius 1 is 1.15 bits per heavy atom. The van der Waals surface area contributed by atoms with Gasteiger partial charge in [0, 0.05) is 17.6 Å². The van der Waals surface area contributed by atoms with Crippen LogP contribution in [0.15, 0.2) is 46.9 Å². The fourth-order valence-electron chi connectivity index (χ4n) is 4.86. The average Bonchev–Trinajstić information content (AvgIpc) is 3.30. The van der Waals surface area contributed by atoms with E-state index in [1.165, 1.54) is 0 Å². The molecule has 1 N–H and O–H groups in total. The minimum atomic E-state index is -0.118. The topological polar surface area (TPSA) is 62.3 Å². The van der Waals surface area contributed by atoms with E-state index < -0.39 is 0 Å². The van der Waals surface area contributed by atoms with Crippen molar-refractivity contribution in [1.29, 1.82) is 0 Å². The first-order chi connectivity index (χ1) is 15.8. The van der Waals surface area contributed by atoms with E-state index in [1.807, 2.05) is 49.1 Å². The van der Waals surface area contributed by atoms with Crippen molar-refractivity contribution in [2.45, 2.75) is 33.2 Å². The summed E-state index contributed by atoms with van der Waals surface area (Å²) in [5, 5.41) is 3.96. The molecule has 1 unspecified atom stereocenters. The van der Waals surface area contributed by atoms with E-state index in [0.717, 1.165) is 44.0 Å². The molecule has 1 aromatic heterocycles. The second-order valence-corrected chi connectivity index (χ2v) is 11.2. The maximum atomic E-state index is 13.7. The maximum absolute atomic E-state index is 13.7. The number of halogens is 1. The van der Waals surface area contributed by atoms with Gasteiger partial charge >= 0.3 is 0 Å². The van der Waals surface area contributed by atoms with Gasteiger partial charge in [0.05, 0.1) is 21.5 Å². The van der Waals surface area contributed by atoms with E-state index in [9.17, 15) is 9.59 Å². The summed E-state index contributed by atoms with van der Waals surface area (Å²) in [7, 11) is 0. The van der Waals surface area contributed by atoms with Crippen molar-refractivity contribution in [3.63, 3.8) is 0 Å². The lowest BCUT2D eigenvalue weighted by Gasteiger charge is -2.27. The number of rotatable bonds is 5. The first-order valence-electron chi connectivity index (χ1n) is 11.2. The third-order valence-electron chi connectivity index (χ3n) is 6.62. The largest absolute Gasteiger partial charge is 0.350 e. The summed E-state index contributed by atoms with van der Waals surface area (Å²) in [5.41, 5.74) is 4.37. The Hall–Kier alpha value is -2.51. The first-order valence-corrected chi connectivity index (χ1v) is 12.8. The summed E-state index contributed by atoms with van der Waals surface area (Å²) < 4.78 is 0.773. The van der Waals surface area contributed by atoms with Crippen molar-refractivity contribution in [2.75, 3.05) is 13.1 Å². The number of thiazole rings is 1. The smallest absolute Gasteiger partial charge is 0.274 e. The molecule has 170 valence electrons. The van der Waals surface area contributed by atoms with Gasteiger partial charge in [-0.05, 0) is 72.7 Å². The van der Waals surface area contributed by atoms with Gasteiger partial charge < -0.3 is 10.2 Å². The molecule has 1 aliphatic heterocycles. The summed E-state index contributed by atoms with van der Waals surface area (Å²) in [5.74, 6) is 0.840. The molecule has 1 saturated heterocycles. The molecule has 7 heteroatoms. The molecular weight excluding hydrogens is 498 g/mol. The summed E-state index contributed by atoms with van der Waals surface area (Å²) in [4.78, 5) is 34.0. The Morgan fingerprint density at radius 3 is 2.73 bits per heavy atom. The summed E-state index contributed by atoms with van der Waals surface area (Å²) in [6, 6.07) is 13.9. The maximum Gasteiger partial charge on any atom is 0.274 e. The Morgan fingerprint density at radius 2 is 1.94 bits per heavy atom. The summed E-state index contributed by atoms with van der Waals surface area (Å²) in [6.07, 6.45) is 1.12. The number of carbonyl (C=O) groups is 2. The second kappa shape index (κ2) is 8.69. The van der Waals surface area contributed by atoms with Crippen LogP contribution in [-0.2, 0) is 0 Å².